The first kappa shape index (κ1) is 17.0. The first-order valence-electron chi connectivity index (χ1n) is 6.75. The lowest BCUT2D eigenvalue weighted by Gasteiger charge is -2.21. The summed E-state index contributed by atoms with van der Waals surface area (Å²) >= 11 is 0. The molecule has 0 bridgehead atoms. The summed E-state index contributed by atoms with van der Waals surface area (Å²) in [5.41, 5.74) is 1.86. The molecule has 1 aromatic rings. The molecule has 0 aliphatic carbocycles. The van der Waals surface area contributed by atoms with Gasteiger partial charge in [-0.25, -0.2) is 0 Å². The molecule has 0 unspecified atom stereocenters. The summed E-state index contributed by atoms with van der Waals surface area (Å²) in [5, 5.41) is 17.6. The van der Waals surface area contributed by atoms with Crippen LogP contribution in [0.15, 0.2) is 18.2 Å². The highest BCUT2D eigenvalue weighted by molar-refractivity contribution is 5.78. The van der Waals surface area contributed by atoms with E-state index in [1.807, 2.05) is 32.0 Å². The van der Waals surface area contributed by atoms with E-state index in [-0.39, 0.29) is 38.6 Å². The molecular formula is C15H21NO5. The van der Waals surface area contributed by atoms with E-state index in [4.69, 9.17) is 14.9 Å². The van der Waals surface area contributed by atoms with Crippen molar-refractivity contribution in [2.75, 3.05) is 26.3 Å². The van der Waals surface area contributed by atoms with E-state index in [0.29, 0.717) is 5.75 Å². The SMILES string of the molecule is Cc1cccc(C)c1OCC(=O)N(CCO)CCC(=O)O. The van der Waals surface area contributed by atoms with Gasteiger partial charge < -0.3 is 19.8 Å². The van der Waals surface area contributed by atoms with Crippen LogP contribution >= 0.6 is 0 Å². The third kappa shape index (κ3) is 5.43. The number of aliphatic hydroxyl groups excluding tert-OH is 1. The molecule has 6 heteroatoms. The molecule has 2 N–H and O–H groups in total. The third-order valence-electron chi connectivity index (χ3n) is 3.07. The van der Waals surface area contributed by atoms with Crippen molar-refractivity contribution >= 4 is 11.9 Å². The van der Waals surface area contributed by atoms with Gasteiger partial charge in [0.25, 0.3) is 5.91 Å². The van der Waals surface area contributed by atoms with Gasteiger partial charge in [0.1, 0.15) is 5.75 Å². The number of aliphatic hydroxyl groups is 1. The molecule has 0 aromatic heterocycles. The smallest absolute Gasteiger partial charge is 0.305 e. The average Bonchev–Trinajstić information content (AvgIpc) is 2.42. The van der Waals surface area contributed by atoms with E-state index in [9.17, 15) is 9.59 Å². The van der Waals surface area contributed by atoms with E-state index in [1.54, 1.807) is 0 Å². The molecule has 21 heavy (non-hydrogen) atoms. The number of carboxylic acids is 1. The van der Waals surface area contributed by atoms with Crippen LogP contribution in [-0.2, 0) is 9.59 Å². The van der Waals surface area contributed by atoms with Crippen molar-refractivity contribution in [1.29, 1.82) is 0 Å². The van der Waals surface area contributed by atoms with Crippen molar-refractivity contribution in [3.05, 3.63) is 29.3 Å². The number of rotatable bonds is 8. The van der Waals surface area contributed by atoms with Crippen LogP contribution in [0.4, 0.5) is 0 Å². The van der Waals surface area contributed by atoms with Gasteiger partial charge in [0.2, 0.25) is 0 Å². The van der Waals surface area contributed by atoms with E-state index in [0.717, 1.165) is 11.1 Å². The van der Waals surface area contributed by atoms with Crippen LogP contribution in [0.5, 0.6) is 5.75 Å². The van der Waals surface area contributed by atoms with Gasteiger partial charge in [0.05, 0.1) is 13.0 Å². The summed E-state index contributed by atoms with van der Waals surface area (Å²) in [6.45, 7) is 3.55. The van der Waals surface area contributed by atoms with Gasteiger partial charge in [-0.05, 0) is 25.0 Å². The van der Waals surface area contributed by atoms with Crippen LogP contribution in [0.1, 0.15) is 17.5 Å². The highest BCUT2D eigenvalue weighted by atomic mass is 16.5. The Hall–Kier alpha value is -2.08. The summed E-state index contributed by atoms with van der Waals surface area (Å²) in [6, 6.07) is 5.69. The third-order valence-corrected chi connectivity index (χ3v) is 3.07. The lowest BCUT2D eigenvalue weighted by atomic mass is 10.1. The van der Waals surface area contributed by atoms with Gasteiger partial charge in [-0.3, -0.25) is 9.59 Å². The Morgan fingerprint density at radius 1 is 1.19 bits per heavy atom. The number of para-hydroxylation sites is 1. The normalized spacial score (nSPS) is 10.2. The van der Waals surface area contributed by atoms with Crippen molar-refractivity contribution in [1.82, 2.24) is 4.90 Å². The predicted molar refractivity (Wildman–Crippen MR) is 77.3 cm³/mol. The van der Waals surface area contributed by atoms with E-state index >= 15 is 0 Å². The van der Waals surface area contributed by atoms with Crippen molar-refractivity contribution in [3.8, 4) is 5.75 Å². The second kappa shape index (κ2) is 8.26. The van der Waals surface area contributed by atoms with Gasteiger partial charge >= 0.3 is 5.97 Å². The first-order chi connectivity index (χ1) is 9.95. The largest absolute Gasteiger partial charge is 0.483 e. The molecule has 0 aliphatic rings. The second-order valence-corrected chi connectivity index (χ2v) is 4.76. The lowest BCUT2D eigenvalue weighted by Crippen LogP contribution is -2.38. The Bertz CT molecular complexity index is 481. The minimum absolute atomic E-state index is 0.0604. The molecule has 0 radical (unpaired) electrons. The Kier molecular flexibility index (Phi) is 6.68. The first-order valence-corrected chi connectivity index (χ1v) is 6.75. The molecule has 0 spiro atoms. The maximum absolute atomic E-state index is 12.0. The Morgan fingerprint density at radius 3 is 2.33 bits per heavy atom. The van der Waals surface area contributed by atoms with Crippen LogP contribution in [0.25, 0.3) is 0 Å². The molecule has 0 atom stereocenters. The molecule has 116 valence electrons. The molecule has 6 nitrogen and oxygen atoms in total. The maximum Gasteiger partial charge on any atom is 0.305 e. The van der Waals surface area contributed by atoms with E-state index in [2.05, 4.69) is 0 Å². The number of hydrogen-bond donors (Lipinski definition) is 2. The molecular weight excluding hydrogens is 274 g/mol. The number of benzene rings is 1. The minimum Gasteiger partial charge on any atom is -0.483 e. The molecule has 1 rings (SSSR count). The standard InChI is InChI=1S/C15H21NO5/c1-11-4-3-5-12(2)15(11)21-10-13(18)16(8-9-17)7-6-14(19)20/h3-5,17H,6-10H2,1-2H3,(H,19,20). The zero-order chi connectivity index (χ0) is 15.8. The maximum atomic E-state index is 12.0. The van der Waals surface area contributed by atoms with Crippen molar-refractivity contribution < 1.29 is 24.5 Å². The lowest BCUT2D eigenvalue weighted by molar-refractivity contribution is -0.139. The van der Waals surface area contributed by atoms with Crippen LogP contribution in [-0.4, -0.2) is 53.3 Å². The highest BCUT2D eigenvalue weighted by Gasteiger charge is 2.16. The number of carbonyl (C=O) groups is 2. The van der Waals surface area contributed by atoms with Gasteiger partial charge in [0.15, 0.2) is 6.61 Å². The predicted octanol–water partition coefficient (Wildman–Crippen LogP) is 0.978. The zero-order valence-corrected chi connectivity index (χ0v) is 12.3. The minimum atomic E-state index is -0.985. The van der Waals surface area contributed by atoms with Gasteiger partial charge in [-0.1, -0.05) is 18.2 Å². The van der Waals surface area contributed by atoms with Crippen LogP contribution < -0.4 is 4.74 Å². The van der Waals surface area contributed by atoms with Crippen LogP contribution in [0.3, 0.4) is 0 Å². The summed E-state index contributed by atoms with van der Waals surface area (Å²) in [4.78, 5) is 23.9. The average molecular weight is 295 g/mol. The van der Waals surface area contributed by atoms with Crippen LogP contribution in [0.2, 0.25) is 0 Å². The number of ether oxygens (including phenoxy) is 1. The van der Waals surface area contributed by atoms with Crippen molar-refractivity contribution in [3.63, 3.8) is 0 Å². The zero-order valence-electron chi connectivity index (χ0n) is 12.3. The topological polar surface area (TPSA) is 87.1 Å². The van der Waals surface area contributed by atoms with Crippen molar-refractivity contribution in [2.24, 2.45) is 0 Å². The fourth-order valence-electron chi connectivity index (χ4n) is 1.96. The fourth-order valence-corrected chi connectivity index (χ4v) is 1.96. The molecule has 0 saturated carbocycles. The number of amides is 1. The summed E-state index contributed by atoms with van der Waals surface area (Å²) in [6.07, 6.45) is -0.158. The van der Waals surface area contributed by atoms with Gasteiger partial charge in [0, 0.05) is 13.1 Å². The monoisotopic (exact) mass is 295 g/mol. The molecule has 0 fully saturated rings. The molecule has 1 amide bonds. The Balaban J connectivity index is 2.62. The number of hydrogen-bond acceptors (Lipinski definition) is 4. The molecule has 0 saturated heterocycles. The fraction of sp³-hybridized carbons (Fsp3) is 0.467. The van der Waals surface area contributed by atoms with Crippen molar-refractivity contribution in [2.45, 2.75) is 20.3 Å². The molecule has 0 heterocycles. The number of aryl methyl sites for hydroxylation is 2. The number of nitrogens with zero attached hydrogens (tertiary/aromatic N) is 1. The Morgan fingerprint density at radius 2 is 1.81 bits per heavy atom. The van der Waals surface area contributed by atoms with Gasteiger partial charge in [-0.15, -0.1) is 0 Å². The summed E-state index contributed by atoms with van der Waals surface area (Å²) in [5.74, 6) is -0.664. The van der Waals surface area contributed by atoms with Gasteiger partial charge in [-0.2, -0.15) is 0 Å². The number of carboxylic acid groups (broad SMARTS) is 1. The van der Waals surface area contributed by atoms with E-state index in [1.165, 1.54) is 4.90 Å². The highest BCUT2D eigenvalue weighted by Crippen LogP contribution is 2.22. The number of aliphatic carboxylic acids is 1. The quantitative estimate of drug-likeness (QED) is 0.746. The molecule has 0 aliphatic heterocycles. The Labute approximate surface area is 124 Å². The van der Waals surface area contributed by atoms with Crippen LogP contribution in [0, 0.1) is 13.8 Å². The second-order valence-electron chi connectivity index (χ2n) is 4.76. The summed E-state index contributed by atoms with van der Waals surface area (Å²) < 4.78 is 5.54. The van der Waals surface area contributed by atoms with E-state index < -0.39 is 5.97 Å². The molecule has 1 aromatic carbocycles. The number of carbonyl (C=O) groups excluding carboxylic acids is 1. The summed E-state index contributed by atoms with van der Waals surface area (Å²) in [7, 11) is 0.